The number of nitrogens with one attached hydrogen (secondary N) is 2. The van der Waals surface area contributed by atoms with Gasteiger partial charge in [-0.25, -0.2) is 13.2 Å². The van der Waals surface area contributed by atoms with Gasteiger partial charge in [-0.15, -0.1) is 0 Å². The smallest absolute Gasteiger partial charge is 0.150 e. The Morgan fingerprint density at radius 2 is 1.77 bits per heavy atom. The zero-order chi connectivity index (χ0) is 21.0. The van der Waals surface area contributed by atoms with Gasteiger partial charge in [0, 0.05) is 18.0 Å². The molecule has 2 aromatic carbocycles. The van der Waals surface area contributed by atoms with Gasteiger partial charge < -0.3 is 15.2 Å². The number of aromatic amines is 1. The minimum absolute atomic E-state index is 0.0907. The number of hydrogen-bond acceptors (Lipinski definition) is 3. The summed E-state index contributed by atoms with van der Waals surface area (Å²) in [6.07, 6.45) is 1.85. The van der Waals surface area contributed by atoms with Crippen LogP contribution in [-0.4, -0.2) is 33.6 Å². The average Bonchev–Trinajstić information content (AvgIpc) is 3.32. The Kier molecular flexibility index (Phi) is 4.65. The lowest BCUT2D eigenvalue weighted by atomic mass is 9.70. The molecular formula is C23H23F3N2O2. The van der Waals surface area contributed by atoms with Crippen LogP contribution < -0.4 is 5.32 Å². The fourth-order valence-corrected chi connectivity index (χ4v) is 4.52. The quantitative estimate of drug-likeness (QED) is 0.456. The Hall–Kier alpha value is -2.35. The van der Waals surface area contributed by atoms with E-state index < -0.39 is 23.5 Å². The van der Waals surface area contributed by atoms with Crippen molar-refractivity contribution in [2.45, 2.75) is 43.4 Å². The van der Waals surface area contributed by atoms with Gasteiger partial charge in [0.1, 0.15) is 29.3 Å². The van der Waals surface area contributed by atoms with Crippen molar-refractivity contribution in [3.8, 4) is 11.3 Å². The van der Waals surface area contributed by atoms with Crippen molar-refractivity contribution >= 4 is 10.9 Å². The van der Waals surface area contributed by atoms with Crippen LogP contribution in [0.15, 0.2) is 36.4 Å². The standard InChI is InChI=1S/C23H23F3N2O2/c24-15-3-1-13(2-4-15)20-19(17-9-16(25)10-18(26)21(17)28-20)14-7-12(8-14)11-27-22(29)23(30)5-6-23/h1-4,9-10,12,14,22,27-30H,5-8,11H2. The second-order valence-corrected chi connectivity index (χ2v) is 8.68. The SMILES string of the molecule is OC(NCC1CC(c2c(-c3ccc(F)cc3)[nH]c3c(F)cc(F)cc23)C1)C1(O)CC1. The second kappa shape index (κ2) is 7.11. The molecule has 1 atom stereocenters. The number of aromatic nitrogens is 1. The molecule has 0 aliphatic heterocycles. The van der Waals surface area contributed by atoms with Crippen LogP contribution in [-0.2, 0) is 0 Å². The number of aliphatic hydroxyl groups excluding tert-OH is 1. The summed E-state index contributed by atoms with van der Waals surface area (Å²) < 4.78 is 41.8. The van der Waals surface area contributed by atoms with Crippen LogP contribution in [0.2, 0.25) is 0 Å². The van der Waals surface area contributed by atoms with Gasteiger partial charge in [-0.3, -0.25) is 5.32 Å². The van der Waals surface area contributed by atoms with Gasteiger partial charge >= 0.3 is 0 Å². The molecule has 0 radical (unpaired) electrons. The lowest BCUT2D eigenvalue weighted by molar-refractivity contribution is -0.0246. The first kappa shape index (κ1) is 19.6. The minimum Gasteiger partial charge on any atom is -0.386 e. The molecule has 3 aromatic rings. The van der Waals surface area contributed by atoms with E-state index in [2.05, 4.69) is 10.3 Å². The van der Waals surface area contributed by atoms with Crippen LogP contribution in [0, 0.1) is 23.4 Å². The van der Waals surface area contributed by atoms with Crippen molar-refractivity contribution in [3.05, 3.63) is 59.4 Å². The molecule has 1 unspecified atom stereocenters. The van der Waals surface area contributed by atoms with E-state index in [1.54, 1.807) is 12.1 Å². The Bertz CT molecular complexity index is 1090. The Balaban J connectivity index is 1.42. The maximum Gasteiger partial charge on any atom is 0.150 e. The van der Waals surface area contributed by atoms with Crippen molar-refractivity contribution in [3.63, 3.8) is 0 Å². The molecule has 1 heterocycles. The van der Waals surface area contributed by atoms with Crippen LogP contribution in [0.5, 0.6) is 0 Å². The predicted molar refractivity (Wildman–Crippen MR) is 107 cm³/mol. The zero-order valence-electron chi connectivity index (χ0n) is 16.3. The van der Waals surface area contributed by atoms with Gasteiger partial charge in [-0.1, -0.05) is 0 Å². The van der Waals surface area contributed by atoms with E-state index >= 15 is 0 Å². The molecule has 2 aliphatic carbocycles. The molecule has 5 rings (SSSR count). The van der Waals surface area contributed by atoms with Crippen LogP contribution in [0.3, 0.4) is 0 Å². The molecule has 0 spiro atoms. The summed E-state index contributed by atoms with van der Waals surface area (Å²) in [5.41, 5.74) is 1.49. The van der Waals surface area contributed by atoms with E-state index in [9.17, 15) is 23.4 Å². The maximum absolute atomic E-state index is 14.4. The number of rotatable bonds is 6. The molecule has 4 N–H and O–H groups in total. The van der Waals surface area contributed by atoms with Gasteiger partial charge in [-0.05, 0) is 79.0 Å². The van der Waals surface area contributed by atoms with Crippen LogP contribution in [0.25, 0.3) is 22.2 Å². The van der Waals surface area contributed by atoms with Crippen LogP contribution in [0.1, 0.15) is 37.2 Å². The average molecular weight is 416 g/mol. The first-order chi connectivity index (χ1) is 14.3. The number of hydrogen-bond donors (Lipinski definition) is 4. The molecule has 2 aliphatic rings. The largest absolute Gasteiger partial charge is 0.386 e. The van der Waals surface area contributed by atoms with Gasteiger partial charge in [0.2, 0.25) is 0 Å². The number of benzene rings is 2. The Morgan fingerprint density at radius 1 is 1.07 bits per heavy atom. The predicted octanol–water partition coefficient (Wildman–Crippen LogP) is 4.18. The highest BCUT2D eigenvalue weighted by Crippen LogP contribution is 2.48. The lowest BCUT2D eigenvalue weighted by Crippen LogP contribution is -2.45. The number of H-pyrrole nitrogens is 1. The maximum atomic E-state index is 14.4. The molecule has 7 heteroatoms. The Labute approximate surface area is 171 Å². The third kappa shape index (κ3) is 3.41. The number of halogens is 3. The van der Waals surface area contributed by atoms with Crippen molar-refractivity contribution in [2.24, 2.45) is 5.92 Å². The van der Waals surface area contributed by atoms with E-state index in [1.165, 1.54) is 18.2 Å². The number of aliphatic hydroxyl groups is 2. The minimum atomic E-state index is -0.995. The summed E-state index contributed by atoms with van der Waals surface area (Å²) in [5.74, 6) is -1.27. The monoisotopic (exact) mass is 416 g/mol. The van der Waals surface area contributed by atoms with E-state index in [1.807, 2.05) is 0 Å². The molecule has 158 valence electrons. The summed E-state index contributed by atoms with van der Waals surface area (Å²) >= 11 is 0. The number of fused-ring (bicyclic) bond motifs is 1. The highest BCUT2D eigenvalue weighted by Gasteiger charge is 2.47. The van der Waals surface area contributed by atoms with Gasteiger partial charge in [0.25, 0.3) is 0 Å². The first-order valence-electron chi connectivity index (χ1n) is 10.2. The molecule has 0 amide bonds. The third-order valence-corrected chi connectivity index (χ3v) is 6.51. The zero-order valence-corrected chi connectivity index (χ0v) is 16.3. The van der Waals surface area contributed by atoms with Gasteiger partial charge in [0.05, 0.1) is 11.2 Å². The fraction of sp³-hybridized carbons (Fsp3) is 0.391. The van der Waals surface area contributed by atoms with Crippen LogP contribution >= 0.6 is 0 Å². The molecule has 0 bridgehead atoms. The molecule has 4 nitrogen and oxygen atoms in total. The fourth-order valence-electron chi connectivity index (χ4n) is 4.52. The summed E-state index contributed by atoms with van der Waals surface area (Å²) in [6, 6.07) is 8.15. The molecule has 2 fully saturated rings. The summed E-state index contributed by atoms with van der Waals surface area (Å²) in [4.78, 5) is 3.08. The van der Waals surface area contributed by atoms with Gasteiger partial charge in [-0.2, -0.15) is 0 Å². The molecular weight excluding hydrogens is 393 g/mol. The second-order valence-electron chi connectivity index (χ2n) is 8.68. The van der Waals surface area contributed by atoms with Crippen molar-refractivity contribution in [1.82, 2.24) is 10.3 Å². The highest BCUT2D eigenvalue weighted by atomic mass is 19.1. The molecule has 30 heavy (non-hydrogen) atoms. The van der Waals surface area contributed by atoms with E-state index in [4.69, 9.17) is 0 Å². The molecule has 0 saturated heterocycles. The highest BCUT2D eigenvalue weighted by molar-refractivity contribution is 5.92. The summed E-state index contributed by atoms with van der Waals surface area (Å²) in [7, 11) is 0. The van der Waals surface area contributed by atoms with E-state index in [-0.39, 0.29) is 23.2 Å². The van der Waals surface area contributed by atoms with Crippen molar-refractivity contribution < 1.29 is 23.4 Å². The van der Waals surface area contributed by atoms with E-state index in [0.717, 1.165) is 30.0 Å². The topological polar surface area (TPSA) is 68.3 Å². The van der Waals surface area contributed by atoms with E-state index in [0.29, 0.717) is 30.5 Å². The lowest BCUT2D eigenvalue weighted by Gasteiger charge is -2.37. The van der Waals surface area contributed by atoms with Crippen LogP contribution in [0.4, 0.5) is 13.2 Å². The molecule has 2 saturated carbocycles. The summed E-state index contributed by atoms with van der Waals surface area (Å²) in [5, 5.41) is 23.5. The van der Waals surface area contributed by atoms with Gasteiger partial charge in [0.15, 0.2) is 0 Å². The first-order valence-corrected chi connectivity index (χ1v) is 10.2. The summed E-state index contributed by atoms with van der Waals surface area (Å²) in [6.45, 7) is 0.566. The normalized spacial score (nSPS) is 23.4. The third-order valence-electron chi connectivity index (χ3n) is 6.51. The van der Waals surface area contributed by atoms with Crippen molar-refractivity contribution in [2.75, 3.05) is 6.54 Å². The van der Waals surface area contributed by atoms with Crippen molar-refractivity contribution in [1.29, 1.82) is 0 Å². The molecule has 1 aromatic heterocycles. The Morgan fingerprint density at radius 3 is 2.43 bits per heavy atom.